The number of rotatable bonds is 15. The third-order valence-corrected chi connectivity index (χ3v) is 8.44. The average Bonchev–Trinajstić information content (AvgIpc) is 3.06. The molecule has 2 heterocycles. The summed E-state index contributed by atoms with van der Waals surface area (Å²) < 4.78 is 111. The van der Waals surface area contributed by atoms with Crippen LogP contribution in [0.3, 0.4) is 0 Å². The van der Waals surface area contributed by atoms with Gasteiger partial charge >= 0.3 is 5.91 Å². The molecule has 0 bridgehead atoms. The molecule has 0 spiro atoms. The van der Waals surface area contributed by atoms with Gasteiger partial charge in [0.05, 0.1) is 82.7 Å². The third kappa shape index (κ3) is 8.68. The molecule has 0 N–H and O–H groups in total. The summed E-state index contributed by atoms with van der Waals surface area (Å²) in [6.45, 7) is -0.503. The van der Waals surface area contributed by atoms with Gasteiger partial charge in [0.1, 0.15) is 0 Å². The Kier molecular flexibility index (Phi) is 11.4. The van der Waals surface area contributed by atoms with Gasteiger partial charge in [-0.3, -0.25) is 9.97 Å². The van der Waals surface area contributed by atoms with Crippen LogP contribution in [0.5, 0.6) is 23.0 Å². The zero-order valence-corrected chi connectivity index (χ0v) is 30.1. The van der Waals surface area contributed by atoms with Crippen LogP contribution in [0.2, 0.25) is 0 Å². The van der Waals surface area contributed by atoms with Crippen LogP contribution in [0.25, 0.3) is 22.5 Å². The summed E-state index contributed by atoms with van der Waals surface area (Å²) >= 11 is 0. The third-order valence-electron chi connectivity index (χ3n) is 7.32. The lowest BCUT2D eigenvalue weighted by atomic mass is 10.1. The quantitative estimate of drug-likeness (QED) is 0.126. The second-order valence-corrected chi connectivity index (χ2v) is 14.0. The number of aromatic nitrogens is 2. The molecule has 2 aromatic heterocycles. The van der Waals surface area contributed by atoms with E-state index >= 15 is 0 Å². The van der Waals surface area contributed by atoms with Crippen LogP contribution < -0.4 is 28.7 Å². The lowest BCUT2D eigenvalue weighted by molar-refractivity contribution is -0.0930. The normalized spacial score (nSPS) is 12.0. The maximum absolute atomic E-state index is 14.5. The molecule has 0 unspecified atom stereocenters. The van der Waals surface area contributed by atoms with Gasteiger partial charge in [0, 0.05) is 25.2 Å². The van der Waals surface area contributed by atoms with Crippen molar-refractivity contribution in [3.63, 3.8) is 0 Å². The molecule has 50 heavy (non-hydrogen) atoms. The van der Waals surface area contributed by atoms with E-state index in [-0.39, 0.29) is 28.7 Å². The van der Waals surface area contributed by atoms with E-state index in [0.29, 0.717) is 28.2 Å². The number of nitrogens with zero attached hydrogens (tertiary/aromatic N) is 4. The highest BCUT2D eigenvalue weighted by Crippen LogP contribution is 2.36. The molecule has 0 atom stereocenters. The Morgan fingerprint density at radius 2 is 1.00 bits per heavy atom. The molecule has 270 valence electrons. The van der Waals surface area contributed by atoms with Crippen molar-refractivity contribution >= 4 is 31.6 Å². The van der Waals surface area contributed by atoms with Crippen LogP contribution in [0, 0.1) is 11.6 Å². The topological polar surface area (TPSA) is 156 Å². The zero-order chi connectivity index (χ0) is 37.0. The number of likely N-dealkylation sites (N-methyl/N-ethyl adjacent to an activating group) is 2. The highest BCUT2D eigenvalue weighted by atomic mass is 32.2. The fraction of sp³-hybridized carbons (Fsp3) is 0.312. The fourth-order valence-electron chi connectivity index (χ4n) is 4.92. The fourth-order valence-corrected chi connectivity index (χ4v) is 6.30. The minimum absolute atomic E-state index is 0.0503. The predicted molar refractivity (Wildman–Crippen MR) is 182 cm³/mol. The van der Waals surface area contributed by atoms with Gasteiger partial charge in [0.15, 0.2) is 23.0 Å². The minimum Gasteiger partial charge on any atom is -0.494 e. The van der Waals surface area contributed by atoms with E-state index in [9.17, 15) is 25.6 Å². The number of hydrogen-bond donors (Lipinski definition) is 0. The second kappa shape index (κ2) is 15.0. The Hall–Kier alpha value is -4.78. The van der Waals surface area contributed by atoms with Crippen molar-refractivity contribution in [3.05, 3.63) is 72.6 Å². The highest BCUT2D eigenvalue weighted by molar-refractivity contribution is 7.86. The molecule has 14 nitrogen and oxygen atoms in total. The van der Waals surface area contributed by atoms with Crippen molar-refractivity contribution in [1.82, 2.24) is 9.97 Å². The van der Waals surface area contributed by atoms with Crippen LogP contribution >= 0.6 is 0 Å². The molecular weight excluding hydrogens is 702 g/mol. The lowest BCUT2D eigenvalue weighted by Crippen LogP contribution is -2.59. The van der Waals surface area contributed by atoms with Gasteiger partial charge in [-0.2, -0.15) is 25.6 Å². The minimum atomic E-state index is -4.38. The van der Waals surface area contributed by atoms with Gasteiger partial charge in [0.2, 0.25) is 11.6 Å². The van der Waals surface area contributed by atoms with Gasteiger partial charge < -0.3 is 28.7 Å². The summed E-state index contributed by atoms with van der Waals surface area (Å²) in [7, 11) is -0.609. The Labute approximate surface area is 289 Å². The van der Waals surface area contributed by atoms with Gasteiger partial charge in [-0.05, 0) is 48.5 Å². The first-order valence-corrected chi connectivity index (χ1v) is 18.1. The molecule has 0 radical (unpaired) electrons. The number of methoxy groups -OCH3 is 4. The average molecular weight is 739 g/mol. The zero-order valence-electron chi connectivity index (χ0n) is 28.4. The smallest absolute Gasteiger partial charge is 0.300 e. The van der Waals surface area contributed by atoms with Crippen molar-refractivity contribution in [3.8, 4) is 45.5 Å². The Balaban J connectivity index is 1.73. The van der Waals surface area contributed by atoms with Crippen molar-refractivity contribution in [1.29, 1.82) is 0 Å². The number of halogens is 2. The number of hydrogen-bond acceptors (Lipinski definition) is 14. The molecule has 4 rings (SSSR count). The van der Waals surface area contributed by atoms with E-state index in [2.05, 4.69) is 9.97 Å². The monoisotopic (exact) mass is 738 g/mol. The highest BCUT2D eigenvalue weighted by Gasteiger charge is 2.46. The van der Waals surface area contributed by atoms with Gasteiger partial charge in [-0.15, -0.1) is 0 Å². The van der Waals surface area contributed by atoms with E-state index in [1.165, 1.54) is 96.2 Å². The molecule has 0 saturated carbocycles. The van der Waals surface area contributed by atoms with Gasteiger partial charge in [0.25, 0.3) is 20.2 Å². The summed E-state index contributed by atoms with van der Waals surface area (Å²) in [6.07, 6.45) is 4.26. The first-order valence-electron chi connectivity index (χ1n) is 14.5. The second-order valence-electron chi connectivity index (χ2n) is 10.9. The molecule has 2 aromatic carbocycles. The number of benzene rings is 2. The van der Waals surface area contributed by atoms with Crippen LogP contribution in [-0.4, -0.2) is 94.3 Å². The molecule has 0 fully saturated rings. The van der Waals surface area contributed by atoms with Crippen molar-refractivity contribution in [2.24, 2.45) is 0 Å². The SMILES string of the molecule is COc1cc(-c2ccc(N(C)CC(OS(C)(=O)=O)(OS(C)(=O)=O)N(C)c3ccc(-c4cc(OC)c(F)c(OC)c4)nc3)cn2)cc(OC)c1F. The van der Waals surface area contributed by atoms with Crippen LogP contribution in [0.4, 0.5) is 20.2 Å². The summed E-state index contributed by atoms with van der Waals surface area (Å²) in [4.78, 5) is 11.5. The van der Waals surface area contributed by atoms with Crippen molar-refractivity contribution < 1.29 is 52.9 Å². The number of ether oxygens (including phenoxy) is 4. The molecule has 0 aliphatic carbocycles. The largest absolute Gasteiger partial charge is 0.494 e. The molecule has 4 aromatic rings. The number of anilines is 2. The number of pyridine rings is 2. The Morgan fingerprint density at radius 1 is 0.640 bits per heavy atom. The van der Waals surface area contributed by atoms with E-state index in [1.54, 1.807) is 12.1 Å². The van der Waals surface area contributed by atoms with E-state index in [0.717, 1.165) is 17.4 Å². The first kappa shape index (κ1) is 38.0. The molecule has 0 aliphatic heterocycles. The Morgan fingerprint density at radius 3 is 1.30 bits per heavy atom. The summed E-state index contributed by atoms with van der Waals surface area (Å²) in [5.74, 6) is -4.12. The predicted octanol–water partition coefficient (Wildman–Crippen LogP) is 4.30. The van der Waals surface area contributed by atoms with Gasteiger partial charge in [-0.25, -0.2) is 8.37 Å². The van der Waals surface area contributed by atoms with E-state index < -0.39 is 44.3 Å². The maximum Gasteiger partial charge on any atom is 0.300 e. The van der Waals surface area contributed by atoms with Gasteiger partial charge in [-0.1, -0.05) is 0 Å². The summed E-state index contributed by atoms with van der Waals surface area (Å²) in [5, 5.41) is 0. The van der Waals surface area contributed by atoms with Crippen LogP contribution in [0.15, 0.2) is 60.9 Å². The molecule has 0 saturated heterocycles. The molecule has 0 aliphatic rings. The Bertz CT molecular complexity index is 1970. The van der Waals surface area contributed by atoms with Crippen molar-refractivity contribution in [2.75, 3.05) is 71.4 Å². The summed E-state index contributed by atoms with van der Waals surface area (Å²) in [5.41, 5.74) is 2.28. The standard InChI is InChI=1S/C32H36F2N4O10S2/c1-37(22-9-11-24(35-17-22)20-13-26(43-3)30(33)27(14-20)44-4)19-32(47-49(7,39)40,48-50(8,41)42)38(2)23-10-12-25(36-18-23)21-15-28(45-5)31(34)29(16-21)46-6/h9-18H,19H2,1-8H3. The molecular formula is C32H36F2N4O10S2. The van der Waals surface area contributed by atoms with E-state index in [4.69, 9.17) is 27.3 Å². The van der Waals surface area contributed by atoms with Crippen molar-refractivity contribution in [2.45, 2.75) is 5.91 Å². The van der Waals surface area contributed by atoms with Crippen LogP contribution in [0.1, 0.15) is 0 Å². The van der Waals surface area contributed by atoms with Crippen LogP contribution in [-0.2, 0) is 28.6 Å². The van der Waals surface area contributed by atoms with E-state index in [1.807, 2.05) is 0 Å². The molecule has 18 heteroatoms. The first-order chi connectivity index (χ1) is 23.4. The molecule has 0 amide bonds. The summed E-state index contributed by atoms with van der Waals surface area (Å²) in [6, 6.07) is 12.0. The maximum atomic E-state index is 14.5. The lowest BCUT2D eigenvalue weighted by Gasteiger charge is -2.42.